The van der Waals surface area contributed by atoms with E-state index in [1.165, 1.54) is 12.1 Å². The molecule has 0 bridgehead atoms. The van der Waals surface area contributed by atoms with Crippen LogP contribution >= 0.6 is 0 Å². The van der Waals surface area contributed by atoms with E-state index in [1.54, 1.807) is 25.1 Å². The van der Waals surface area contributed by atoms with Gasteiger partial charge in [0.1, 0.15) is 6.10 Å². The molecule has 1 aliphatic heterocycles. The maximum atomic E-state index is 12.6. The van der Waals surface area contributed by atoms with Crippen molar-refractivity contribution in [2.45, 2.75) is 55.8 Å². The third kappa shape index (κ3) is 3.28. The second-order valence-electron chi connectivity index (χ2n) is 5.61. The van der Waals surface area contributed by atoms with Crippen molar-refractivity contribution in [1.29, 1.82) is 0 Å². The van der Waals surface area contributed by atoms with E-state index in [-0.39, 0.29) is 16.9 Å². The Morgan fingerprint density at radius 3 is 2.43 bits per heavy atom. The summed E-state index contributed by atoms with van der Waals surface area (Å²) in [6.07, 6.45) is 3.56. The summed E-state index contributed by atoms with van der Waals surface area (Å²) in [5, 5.41) is -1.08. The monoisotopic (exact) mass is 310 g/mol. The van der Waals surface area contributed by atoms with Gasteiger partial charge in [-0.05, 0) is 25.0 Å². The highest BCUT2D eigenvalue weighted by atomic mass is 32.2. The minimum atomic E-state index is -3.68. The molecule has 0 amide bonds. The van der Waals surface area contributed by atoms with E-state index in [0.717, 1.165) is 25.7 Å². The molecule has 1 saturated heterocycles. The number of rotatable bonds is 6. The van der Waals surface area contributed by atoms with Crippen LogP contribution in [0.2, 0.25) is 0 Å². The van der Waals surface area contributed by atoms with Crippen molar-refractivity contribution in [3.05, 3.63) is 30.3 Å². The van der Waals surface area contributed by atoms with E-state index in [4.69, 9.17) is 4.74 Å². The average Bonchev–Trinajstić information content (AvgIpc) is 2.75. The molecular formula is C16H22O4S. The number of esters is 1. The fourth-order valence-electron chi connectivity index (χ4n) is 2.82. The molecule has 4 nitrogen and oxygen atoms in total. The molecule has 3 atom stereocenters. The largest absolute Gasteiger partial charge is 0.461 e. The second-order valence-corrected chi connectivity index (χ2v) is 7.68. The first kappa shape index (κ1) is 16.0. The zero-order valence-corrected chi connectivity index (χ0v) is 13.3. The Labute approximate surface area is 126 Å². The molecule has 0 spiro atoms. The van der Waals surface area contributed by atoms with Crippen LogP contribution in [-0.4, -0.2) is 25.7 Å². The third-order valence-corrected chi connectivity index (χ3v) is 6.28. The molecule has 116 valence electrons. The zero-order chi connectivity index (χ0) is 15.5. The minimum Gasteiger partial charge on any atom is -0.461 e. The maximum absolute atomic E-state index is 12.6. The lowest BCUT2D eigenvalue weighted by molar-refractivity contribution is -0.141. The van der Waals surface area contributed by atoms with E-state index in [1.807, 2.05) is 0 Å². The molecule has 1 heterocycles. The van der Waals surface area contributed by atoms with Crippen molar-refractivity contribution in [2.75, 3.05) is 0 Å². The van der Waals surface area contributed by atoms with Crippen LogP contribution in [0.3, 0.4) is 0 Å². The minimum absolute atomic E-state index is 0.188. The van der Waals surface area contributed by atoms with Gasteiger partial charge in [0.2, 0.25) is 0 Å². The third-order valence-electron chi connectivity index (χ3n) is 4.06. The standard InChI is InChI=1S/C16H22O4S/c1-3-4-6-11-14-12(2)15(16(17)20-14)21(18,19)13-9-7-5-8-10-13/h5,7-10,12,14-15H,3-4,6,11H2,1-2H3/t12-,14+,15+/m1/s1. The normalized spacial score (nSPS) is 25.8. The quantitative estimate of drug-likeness (QED) is 0.598. The molecule has 1 fully saturated rings. The molecule has 0 unspecified atom stereocenters. The Morgan fingerprint density at radius 2 is 1.81 bits per heavy atom. The van der Waals surface area contributed by atoms with E-state index in [2.05, 4.69) is 6.92 Å². The number of cyclic esters (lactones) is 1. The fraction of sp³-hybridized carbons (Fsp3) is 0.562. The topological polar surface area (TPSA) is 60.4 Å². The highest BCUT2D eigenvalue weighted by molar-refractivity contribution is 7.92. The lowest BCUT2D eigenvalue weighted by Gasteiger charge is -2.16. The van der Waals surface area contributed by atoms with Gasteiger partial charge >= 0.3 is 5.97 Å². The van der Waals surface area contributed by atoms with Gasteiger partial charge in [-0.15, -0.1) is 0 Å². The van der Waals surface area contributed by atoms with E-state index in [0.29, 0.717) is 0 Å². The predicted octanol–water partition coefficient (Wildman–Crippen LogP) is 2.97. The van der Waals surface area contributed by atoms with Gasteiger partial charge in [-0.1, -0.05) is 44.9 Å². The highest BCUT2D eigenvalue weighted by Crippen LogP contribution is 2.33. The smallest absolute Gasteiger partial charge is 0.325 e. The Morgan fingerprint density at radius 1 is 1.14 bits per heavy atom. The highest BCUT2D eigenvalue weighted by Gasteiger charge is 2.49. The molecule has 1 aliphatic rings. The predicted molar refractivity (Wildman–Crippen MR) is 80.6 cm³/mol. The van der Waals surface area contributed by atoms with Crippen molar-refractivity contribution >= 4 is 15.8 Å². The first-order chi connectivity index (χ1) is 9.98. The SMILES string of the molecule is CCCCC[C@@H]1OC(=O)[C@@H](S(=O)(=O)c2ccccc2)[C@@H]1C. The number of benzene rings is 1. The molecule has 1 aromatic rings. The number of hydrogen-bond donors (Lipinski definition) is 0. The zero-order valence-electron chi connectivity index (χ0n) is 12.5. The molecular weight excluding hydrogens is 288 g/mol. The number of carbonyl (C=O) groups is 1. The molecule has 0 radical (unpaired) electrons. The summed E-state index contributed by atoms with van der Waals surface area (Å²) in [4.78, 5) is 12.2. The summed E-state index contributed by atoms with van der Waals surface area (Å²) in [5.41, 5.74) is 0. The Balaban J connectivity index is 2.18. The number of ether oxygens (including phenoxy) is 1. The van der Waals surface area contributed by atoms with Crippen molar-refractivity contribution in [3.8, 4) is 0 Å². The number of sulfone groups is 1. The van der Waals surface area contributed by atoms with Gasteiger partial charge in [0.15, 0.2) is 15.1 Å². The van der Waals surface area contributed by atoms with Crippen molar-refractivity contribution in [2.24, 2.45) is 5.92 Å². The van der Waals surface area contributed by atoms with Crippen molar-refractivity contribution in [1.82, 2.24) is 0 Å². The van der Waals surface area contributed by atoms with Crippen molar-refractivity contribution < 1.29 is 17.9 Å². The van der Waals surface area contributed by atoms with Crippen LogP contribution in [-0.2, 0) is 19.4 Å². The van der Waals surface area contributed by atoms with Gasteiger partial charge < -0.3 is 4.74 Å². The van der Waals surface area contributed by atoms with E-state index < -0.39 is 21.1 Å². The van der Waals surface area contributed by atoms with E-state index >= 15 is 0 Å². The summed E-state index contributed by atoms with van der Waals surface area (Å²) < 4.78 is 30.6. The van der Waals surface area contributed by atoms with Gasteiger partial charge in [0, 0.05) is 5.92 Å². The Bertz CT molecular complexity index is 580. The Hall–Kier alpha value is -1.36. The first-order valence-corrected chi connectivity index (χ1v) is 9.02. The van der Waals surface area contributed by atoms with Crippen LogP contribution in [0, 0.1) is 5.92 Å². The molecule has 0 aromatic heterocycles. The summed E-state index contributed by atoms with van der Waals surface area (Å²) in [6.45, 7) is 3.90. The maximum Gasteiger partial charge on any atom is 0.325 e. The van der Waals surface area contributed by atoms with Crippen LogP contribution in [0.15, 0.2) is 35.2 Å². The Kier molecular flexibility index (Phi) is 5.04. The lowest BCUT2D eigenvalue weighted by atomic mass is 9.98. The lowest BCUT2D eigenvalue weighted by Crippen LogP contribution is -2.32. The average molecular weight is 310 g/mol. The van der Waals surface area contributed by atoms with Crippen LogP contribution < -0.4 is 0 Å². The van der Waals surface area contributed by atoms with Crippen LogP contribution in [0.1, 0.15) is 39.5 Å². The summed E-state index contributed by atoms with van der Waals surface area (Å²) >= 11 is 0. The molecule has 0 aliphatic carbocycles. The van der Waals surface area contributed by atoms with Gasteiger partial charge in [-0.25, -0.2) is 8.42 Å². The van der Waals surface area contributed by atoms with Gasteiger partial charge in [-0.3, -0.25) is 4.79 Å². The molecule has 5 heteroatoms. The second kappa shape index (κ2) is 6.60. The van der Waals surface area contributed by atoms with Crippen LogP contribution in [0.4, 0.5) is 0 Å². The van der Waals surface area contributed by atoms with Crippen molar-refractivity contribution in [3.63, 3.8) is 0 Å². The molecule has 21 heavy (non-hydrogen) atoms. The molecule has 0 saturated carbocycles. The number of hydrogen-bond acceptors (Lipinski definition) is 4. The molecule has 1 aromatic carbocycles. The molecule has 2 rings (SSSR count). The van der Waals surface area contributed by atoms with Gasteiger partial charge in [0.05, 0.1) is 4.90 Å². The summed E-state index contributed by atoms with van der Waals surface area (Å²) in [5.74, 6) is -0.910. The first-order valence-electron chi connectivity index (χ1n) is 7.48. The molecule has 0 N–H and O–H groups in total. The van der Waals surface area contributed by atoms with Gasteiger partial charge in [0.25, 0.3) is 0 Å². The number of carbonyl (C=O) groups excluding carboxylic acids is 1. The summed E-state index contributed by atoms with van der Waals surface area (Å²) in [6, 6.07) is 8.13. The van der Waals surface area contributed by atoms with E-state index in [9.17, 15) is 13.2 Å². The summed E-state index contributed by atoms with van der Waals surface area (Å²) in [7, 11) is -3.68. The number of unbranched alkanes of at least 4 members (excludes halogenated alkanes) is 2. The fourth-order valence-corrected chi connectivity index (χ4v) is 4.70. The van der Waals surface area contributed by atoms with Gasteiger partial charge in [-0.2, -0.15) is 0 Å². The van der Waals surface area contributed by atoms with Crippen LogP contribution in [0.25, 0.3) is 0 Å². The van der Waals surface area contributed by atoms with Crippen LogP contribution in [0.5, 0.6) is 0 Å².